The molecule has 2 aliphatic heterocycles. The van der Waals surface area contributed by atoms with Gasteiger partial charge in [0.15, 0.2) is 0 Å². The number of hydrogen-bond donors (Lipinski definition) is 3. The molecule has 5 heterocycles. The Morgan fingerprint density at radius 2 is 0.969 bits per heavy atom. The van der Waals surface area contributed by atoms with E-state index in [-0.39, 0.29) is 17.1 Å². The second-order valence-corrected chi connectivity index (χ2v) is 7.24. The quantitative estimate of drug-likeness (QED) is 0.155. The van der Waals surface area contributed by atoms with E-state index in [1.807, 2.05) is 42.5 Å². The molecule has 0 aliphatic carbocycles. The fourth-order valence-electron chi connectivity index (χ4n) is 3.34. The number of fused-ring (bicyclic) bond motifs is 8. The van der Waals surface area contributed by atoms with Crippen LogP contribution in [0.25, 0.3) is 46.4 Å². The van der Waals surface area contributed by atoms with Crippen molar-refractivity contribution in [3.8, 4) is 0 Å². The first-order chi connectivity index (χ1) is 15.2. The number of benzene rings is 1. The van der Waals surface area contributed by atoms with Crippen molar-refractivity contribution >= 4 is 52.1 Å². The first-order valence-corrected chi connectivity index (χ1v) is 9.96. The van der Waals surface area contributed by atoms with Gasteiger partial charge < -0.3 is 15.7 Å². The van der Waals surface area contributed by atoms with Crippen molar-refractivity contribution in [1.82, 2.24) is 19.9 Å². The van der Waals surface area contributed by atoms with Crippen LogP contribution in [0.1, 0.15) is 22.8 Å². The van der Waals surface area contributed by atoms with E-state index in [0.717, 1.165) is 50.5 Å². The van der Waals surface area contributed by atoms with Crippen molar-refractivity contribution in [2.45, 2.75) is 0 Å². The molecule has 2 aliphatic rings. The Hall–Kier alpha value is -3.86. The standard InChI is InChI=1S/C20H14N4.C6H6N.Mn/c1-2-14-10-16-5-6-18(23-16)12-20-8-7-19(24-20)11-17-4-3-15(22-17)9-13(1)21-14;7-6-4-2-1-3-5-6;/h1-12,21-22H;2-5H,7H2;/q;-1;. The Labute approximate surface area is 196 Å². The summed E-state index contributed by atoms with van der Waals surface area (Å²) in [5.74, 6) is 0. The van der Waals surface area contributed by atoms with Gasteiger partial charge in [-0.15, -0.1) is 12.1 Å². The second kappa shape index (κ2) is 9.52. The monoisotopic (exact) mass is 457 g/mol. The molecule has 4 aromatic rings. The first-order valence-electron chi connectivity index (χ1n) is 9.96. The van der Waals surface area contributed by atoms with Crippen LogP contribution in [0.4, 0.5) is 5.69 Å². The van der Waals surface area contributed by atoms with Crippen LogP contribution in [-0.2, 0) is 17.1 Å². The maximum Gasteiger partial charge on any atom is 0.0659 e. The molecule has 6 heteroatoms. The minimum absolute atomic E-state index is 0. The summed E-state index contributed by atoms with van der Waals surface area (Å²) in [4.78, 5) is 16.0. The van der Waals surface area contributed by atoms with Gasteiger partial charge in [-0.2, -0.15) is 18.2 Å². The van der Waals surface area contributed by atoms with Crippen LogP contribution in [0.5, 0.6) is 0 Å². The van der Waals surface area contributed by atoms with Crippen LogP contribution in [0.15, 0.2) is 72.8 Å². The van der Waals surface area contributed by atoms with Crippen molar-refractivity contribution in [3.63, 3.8) is 0 Å². The van der Waals surface area contributed by atoms with E-state index < -0.39 is 0 Å². The zero-order valence-electron chi connectivity index (χ0n) is 17.1. The number of anilines is 1. The summed E-state index contributed by atoms with van der Waals surface area (Å²) in [5, 5.41) is 0. The number of nitrogens with zero attached hydrogens (tertiary/aromatic N) is 2. The van der Waals surface area contributed by atoms with Gasteiger partial charge in [-0.25, -0.2) is 9.97 Å². The maximum absolute atomic E-state index is 5.34. The third kappa shape index (κ3) is 5.24. The van der Waals surface area contributed by atoms with E-state index in [1.165, 1.54) is 0 Å². The Balaban J connectivity index is 0.000000265. The molecular formula is C26H20MnN5-. The van der Waals surface area contributed by atoms with Crippen molar-refractivity contribution in [1.29, 1.82) is 0 Å². The van der Waals surface area contributed by atoms with Gasteiger partial charge in [0.1, 0.15) is 0 Å². The van der Waals surface area contributed by atoms with Gasteiger partial charge in [0, 0.05) is 39.1 Å². The summed E-state index contributed by atoms with van der Waals surface area (Å²) in [7, 11) is 0. The molecule has 0 spiro atoms. The minimum Gasteiger partial charge on any atom is -0.419 e. The van der Waals surface area contributed by atoms with Crippen LogP contribution >= 0.6 is 0 Å². The largest absolute Gasteiger partial charge is 0.419 e. The Bertz CT molecular complexity index is 1360. The number of nitrogens with two attached hydrogens (primary N) is 1. The number of rotatable bonds is 0. The Kier molecular flexibility index (Phi) is 6.36. The molecule has 0 fully saturated rings. The fraction of sp³-hybridized carbons (Fsp3) is 0. The van der Waals surface area contributed by atoms with E-state index in [4.69, 9.17) is 5.73 Å². The van der Waals surface area contributed by atoms with Crippen molar-refractivity contribution in [2.75, 3.05) is 5.73 Å². The molecule has 4 N–H and O–H groups in total. The SMILES string of the molecule is C1=Cc2cc3ccc(cc4ccc(cc5nc(cc1n2)C=C5)[nH]4)[nH]3.Nc1cc[c-]cc1.[Mn]. The number of H-pyrrole nitrogens is 2. The molecule has 0 saturated heterocycles. The number of aromatic nitrogens is 4. The first kappa shape index (κ1) is 21.4. The number of aromatic amines is 2. The summed E-state index contributed by atoms with van der Waals surface area (Å²) < 4.78 is 0. The molecule has 0 atom stereocenters. The fourth-order valence-corrected chi connectivity index (χ4v) is 3.34. The van der Waals surface area contributed by atoms with E-state index in [2.05, 4.69) is 56.3 Å². The second-order valence-electron chi connectivity index (χ2n) is 7.24. The van der Waals surface area contributed by atoms with Gasteiger partial charge in [0.05, 0.1) is 22.8 Å². The average Bonchev–Trinajstić information content (AvgIpc) is 3.55. The predicted octanol–water partition coefficient (Wildman–Crippen LogP) is 5.72. The van der Waals surface area contributed by atoms with Crippen LogP contribution in [0.3, 0.4) is 0 Å². The van der Waals surface area contributed by atoms with Crippen LogP contribution in [-0.4, -0.2) is 19.9 Å². The third-order valence-corrected chi connectivity index (χ3v) is 4.79. The molecule has 157 valence electrons. The summed E-state index contributed by atoms with van der Waals surface area (Å²) in [6, 6.07) is 26.4. The topological polar surface area (TPSA) is 83.4 Å². The zero-order valence-corrected chi connectivity index (χ0v) is 18.3. The molecule has 5 nitrogen and oxygen atoms in total. The van der Waals surface area contributed by atoms with Gasteiger partial charge in [0.25, 0.3) is 0 Å². The molecule has 6 rings (SSSR count). The Morgan fingerprint density at radius 1 is 0.562 bits per heavy atom. The number of hydrogen-bond acceptors (Lipinski definition) is 3. The van der Waals surface area contributed by atoms with Crippen LogP contribution in [0.2, 0.25) is 0 Å². The number of nitrogen functional groups attached to an aromatic ring is 1. The van der Waals surface area contributed by atoms with Crippen LogP contribution in [0, 0.1) is 6.07 Å². The molecule has 3 aromatic heterocycles. The molecule has 0 amide bonds. The van der Waals surface area contributed by atoms with Gasteiger partial charge in [-0.3, -0.25) is 0 Å². The summed E-state index contributed by atoms with van der Waals surface area (Å²) >= 11 is 0. The van der Waals surface area contributed by atoms with Gasteiger partial charge >= 0.3 is 0 Å². The van der Waals surface area contributed by atoms with E-state index in [0.29, 0.717) is 0 Å². The normalized spacial score (nSPS) is 11.4. The smallest absolute Gasteiger partial charge is 0.0659 e. The summed E-state index contributed by atoms with van der Waals surface area (Å²) in [5.41, 5.74) is 14.0. The predicted molar refractivity (Wildman–Crippen MR) is 129 cm³/mol. The summed E-state index contributed by atoms with van der Waals surface area (Å²) in [6.45, 7) is 0. The minimum atomic E-state index is 0. The van der Waals surface area contributed by atoms with E-state index >= 15 is 0 Å². The van der Waals surface area contributed by atoms with Gasteiger partial charge in [-0.1, -0.05) is 5.69 Å². The molecular weight excluding hydrogens is 437 g/mol. The molecule has 0 saturated carbocycles. The van der Waals surface area contributed by atoms with Crippen molar-refractivity contribution < 1.29 is 17.1 Å². The molecule has 1 aromatic carbocycles. The summed E-state index contributed by atoms with van der Waals surface area (Å²) in [6.07, 6.45) is 8.05. The van der Waals surface area contributed by atoms with Crippen LogP contribution < -0.4 is 5.73 Å². The average molecular weight is 457 g/mol. The zero-order chi connectivity index (χ0) is 21.0. The third-order valence-electron chi connectivity index (χ3n) is 4.79. The number of nitrogens with one attached hydrogen (secondary N) is 2. The van der Waals surface area contributed by atoms with Crippen molar-refractivity contribution in [3.05, 3.63) is 102 Å². The van der Waals surface area contributed by atoms with Gasteiger partial charge in [0.2, 0.25) is 0 Å². The van der Waals surface area contributed by atoms with Crippen molar-refractivity contribution in [2.24, 2.45) is 0 Å². The molecule has 32 heavy (non-hydrogen) atoms. The van der Waals surface area contributed by atoms with E-state index in [1.54, 1.807) is 24.3 Å². The van der Waals surface area contributed by atoms with E-state index in [9.17, 15) is 0 Å². The maximum atomic E-state index is 5.34. The Morgan fingerprint density at radius 3 is 1.38 bits per heavy atom. The molecule has 8 bridgehead atoms. The van der Waals surface area contributed by atoms with Gasteiger partial charge in [-0.05, 0) is 72.8 Å². The molecule has 0 unspecified atom stereocenters. The molecule has 1 radical (unpaired) electrons.